The maximum absolute atomic E-state index is 10.7. The Bertz CT molecular complexity index is 419. The molecule has 0 aliphatic heterocycles. The Morgan fingerprint density at radius 3 is 2.94 bits per heavy atom. The molecule has 18 heavy (non-hydrogen) atoms. The van der Waals surface area contributed by atoms with Gasteiger partial charge in [-0.15, -0.1) is 0 Å². The highest BCUT2D eigenvalue weighted by Gasteiger charge is 2.33. The van der Waals surface area contributed by atoms with Crippen LogP contribution in [-0.2, 0) is 6.42 Å². The fourth-order valence-corrected chi connectivity index (χ4v) is 3.23. The SMILES string of the molecule is COc1ccc(Cl)cc1CC1(O)CCCC(C)C1. The summed E-state index contributed by atoms with van der Waals surface area (Å²) in [6.45, 7) is 2.21. The molecule has 1 aliphatic rings. The topological polar surface area (TPSA) is 29.5 Å². The van der Waals surface area contributed by atoms with Gasteiger partial charge < -0.3 is 9.84 Å². The minimum Gasteiger partial charge on any atom is -0.496 e. The molecule has 1 saturated carbocycles. The fourth-order valence-electron chi connectivity index (χ4n) is 3.03. The van der Waals surface area contributed by atoms with Crippen LogP contribution in [0.1, 0.15) is 38.2 Å². The van der Waals surface area contributed by atoms with Crippen molar-refractivity contribution < 1.29 is 9.84 Å². The fraction of sp³-hybridized carbons (Fsp3) is 0.600. The molecule has 1 aliphatic carbocycles. The van der Waals surface area contributed by atoms with E-state index < -0.39 is 5.60 Å². The van der Waals surface area contributed by atoms with Crippen LogP contribution in [0.4, 0.5) is 0 Å². The van der Waals surface area contributed by atoms with Gasteiger partial charge in [0, 0.05) is 11.4 Å². The lowest BCUT2D eigenvalue weighted by Crippen LogP contribution is -2.36. The molecular weight excluding hydrogens is 248 g/mol. The highest BCUT2D eigenvalue weighted by atomic mass is 35.5. The van der Waals surface area contributed by atoms with Crippen molar-refractivity contribution in [2.45, 2.75) is 44.6 Å². The first-order chi connectivity index (χ1) is 8.52. The van der Waals surface area contributed by atoms with Gasteiger partial charge in [0.05, 0.1) is 12.7 Å². The molecular formula is C15H21ClO2. The Hall–Kier alpha value is -0.730. The van der Waals surface area contributed by atoms with Gasteiger partial charge in [-0.1, -0.05) is 31.4 Å². The summed E-state index contributed by atoms with van der Waals surface area (Å²) in [5.74, 6) is 1.40. The minimum atomic E-state index is -0.602. The molecule has 0 radical (unpaired) electrons. The van der Waals surface area contributed by atoms with Gasteiger partial charge in [0.25, 0.3) is 0 Å². The molecule has 3 heteroatoms. The number of aliphatic hydroxyl groups is 1. The molecule has 1 fully saturated rings. The van der Waals surface area contributed by atoms with Gasteiger partial charge in [-0.05, 0) is 42.5 Å². The summed E-state index contributed by atoms with van der Waals surface area (Å²) in [5, 5.41) is 11.4. The number of benzene rings is 1. The number of halogens is 1. The Morgan fingerprint density at radius 2 is 2.28 bits per heavy atom. The molecule has 2 unspecified atom stereocenters. The molecule has 0 aromatic heterocycles. The minimum absolute atomic E-state index is 0.592. The molecule has 100 valence electrons. The average Bonchev–Trinajstić information content (AvgIpc) is 2.28. The van der Waals surface area contributed by atoms with Gasteiger partial charge in [-0.3, -0.25) is 0 Å². The molecule has 0 bridgehead atoms. The summed E-state index contributed by atoms with van der Waals surface area (Å²) >= 11 is 6.03. The summed E-state index contributed by atoms with van der Waals surface area (Å²) in [4.78, 5) is 0. The molecule has 2 atom stereocenters. The van der Waals surface area contributed by atoms with E-state index in [0.29, 0.717) is 17.4 Å². The Kier molecular flexibility index (Phi) is 4.18. The van der Waals surface area contributed by atoms with Gasteiger partial charge in [0.1, 0.15) is 5.75 Å². The number of methoxy groups -OCH3 is 1. The van der Waals surface area contributed by atoms with Gasteiger partial charge in [0.15, 0.2) is 0 Å². The van der Waals surface area contributed by atoms with Crippen molar-refractivity contribution in [3.8, 4) is 5.75 Å². The van der Waals surface area contributed by atoms with Gasteiger partial charge in [-0.25, -0.2) is 0 Å². The maximum atomic E-state index is 10.7. The van der Waals surface area contributed by atoms with Crippen molar-refractivity contribution in [1.82, 2.24) is 0 Å². The van der Waals surface area contributed by atoms with Crippen molar-refractivity contribution >= 4 is 11.6 Å². The summed E-state index contributed by atoms with van der Waals surface area (Å²) in [5.41, 5.74) is 0.400. The van der Waals surface area contributed by atoms with E-state index in [9.17, 15) is 5.11 Å². The van der Waals surface area contributed by atoms with Crippen LogP contribution >= 0.6 is 11.6 Å². The summed E-state index contributed by atoms with van der Waals surface area (Å²) in [6.07, 6.45) is 4.67. The lowest BCUT2D eigenvalue weighted by molar-refractivity contribution is -0.0127. The molecule has 0 saturated heterocycles. The van der Waals surface area contributed by atoms with E-state index in [2.05, 4.69) is 6.92 Å². The summed E-state index contributed by atoms with van der Waals surface area (Å²) in [7, 11) is 1.65. The van der Waals surface area contributed by atoms with Gasteiger partial charge in [-0.2, -0.15) is 0 Å². The van der Waals surface area contributed by atoms with Crippen LogP contribution in [0.3, 0.4) is 0 Å². The van der Waals surface area contributed by atoms with Crippen LogP contribution in [0.25, 0.3) is 0 Å². The second-order valence-electron chi connectivity index (χ2n) is 5.56. The van der Waals surface area contributed by atoms with Crippen LogP contribution in [0, 0.1) is 5.92 Å². The quantitative estimate of drug-likeness (QED) is 0.903. The third-order valence-corrected chi connectivity index (χ3v) is 4.06. The van der Waals surface area contributed by atoms with Crippen LogP contribution in [0.5, 0.6) is 5.75 Å². The third kappa shape index (κ3) is 3.18. The van der Waals surface area contributed by atoms with Gasteiger partial charge in [0.2, 0.25) is 0 Å². The van der Waals surface area contributed by atoms with E-state index in [0.717, 1.165) is 30.6 Å². The predicted molar refractivity (Wildman–Crippen MR) is 74.3 cm³/mol. The molecule has 0 amide bonds. The van der Waals surface area contributed by atoms with E-state index in [1.807, 2.05) is 18.2 Å². The van der Waals surface area contributed by atoms with Crippen molar-refractivity contribution in [3.05, 3.63) is 28.8 Å². The van der Waals surface area contributed by atoms with Crippen molar-refractivity contribution in [1.29, 1.82) is 0 Å². The van der Waals surface area contributed by atoms with E-state index in [4.69, 9.17) is 16.3 Å². The van der Waals surface area contributed by atoms with E-state index in [-0.39, 0.29) is 0 Å². The molecule has 2 nitrogen and oxygen atoms in total. The zero-order valence-corrected chi connectivity index (χ0v) is 11.8. The highest BCUT2D eigenvalue weighted by molar-refractivity contribution is 6.30. The summed E-state index contributed by atoms with van der Waals surface area (Å²) in [6, 6.07) is 5.59. The van der Waals surface area contributed by atoms with E-state index in [1.165, 1.54) is 6.42 Å². The lowest BCUT2D eigenvalue weighted by Gasteiger charge is -2.36. The second-order valence-corrected chi connectivity index (χ2v) is 6.00. The number of ether oxygens (including phenoxy) is 1. The summed E-state index contributed by atoms with van der Waals surface area (Å²) < 4.78 is 5.34. The van der Waals surface area contributed by atoms with Crippen molar-refractivity contribution in [3.63, 3.8) is 0 Å². The second kappa shape index (κ2) is 5.50. The Morgan fingerprint density at radius 1 is 1.50 bits per heavy atom. The molecule has 1 aromatic carbocycles. The van der Waals surface area contributed by atoms with Crippen LogP contribution in [0.15, 0.2) is 18.2 Å². The molecule has 0 heterocycles. The average molecular weight is 269 g/mol. The van der Waals surface area contributed by atoms with Crippen LogP contribution in [0.2, 0.25) is 5.02 Å². The zero-order valence-electron chi connectivity index (χ0n) is 11.1. The Labute approximate surface area is 114 Å². The predicted octanol–water partition coefficient (Wildman–Crippen LogP) is 3.83. The number of hydrogen-bond acceptors (Lipinski definition) is 2. The monoisotopic (exact) mass is 268 g/mol. The first kappa shape index (κ1) is 13.7. The largest absolute Gasteiger partial charge is 0.496 e. The first-order valence-electron chi connectivity index (χ1n) is 6.57. The Balaban J connectivity index is 2.19. The molecule has 1 aromatic rings. The van der Waals surface area contributed by atoms with Crippen LogP contribution < -0.4 is 4.74 Å². The lowest BCUT2D eigenvalue weighted by atomic mass is 9.76. The molecule has 0 spiro atoms. The van der Waals surface area contributed by atoms with Crippen molar-refractivity contribution in [2.24, 2.45) is 5.92 Å². The smallest absolute Gasteiger partial charge is 0.122 e. The van der Waals surface area contributed by atoms with E-state index in [1.54, 1.807) is 7.11 Å². The van der Waals surface area contributed by atoms with E-state index >= 15 is 0 Å². The normalized spacial score (nSPS) is 28.1. The first-order valence-corrected chi connectivity index (χ1v) is 6.95. The molecule has 1 N–H and O–H groups in total. The third-order valence-electron chi connectivity index (χ3n) is 3.83. The standard InChI is InChI=1S/C15H21ClO2/c1-11-4-3-7-15(17,9-11)10-12-8-13(16)5-6-14(12)18-2/h5-6,8,11,17H,3-4,7,9-10H2,1-2H3. The van der Waals surface area contributed by atoms with Crippen molar-refractivity contribution in [2.75, 3.05) is 7.11 Å². The molecule has 2 rings (SSSR count). The maximum Gasteiger partial charge on any atom is 0.122 e. The number of rotatable bonds is 3. The zero-order chi connectivity index (χ0) is 13.2. The number of hydrogen-bond donors (Lipinski definition) is 1. The van der Waals surface area contributed by atoms with Gasteiger partial charge >= 0.3 is 0 Å². The highest BCUT2D eigenvalue weighted by Crippen LogP contribution is 2.37. The van der Waals surface area contributed by atoms with Crippen LogP contribution in [-0.4, -0.2) is 17.8 Å².